The van der Waals surface area contributed by atoms with Crippen molar-refractivity contribution in [2.24, 2.45) is 0 Å². The van der Waals surface area contributed by atoms with Crippen LogP contribution in [0.25, 0.3) is 10.8 Å². The molecule has 0 unspecified atom stereocenters. The number of hydroxylamine groups is 1. The summed E-state index contributed by atoms with van der Waals surface area (Å²) >= 11 is 0. The fourth-order valence-electron chi connectivity index (χ4n) is 5.69. The summed E-state index contributed by atoms with van der Waals surface area (Å²) in [6.45, 7) is 2.86. The van der Waals surface area contributed by atoms with Crippen molar-refractivity contribution in [1.29, 1.82) is 0 Å². The number of nitrogens with zero attached hydrogens (tertiary/aromatic N) is 1. The van der Waals surface area contributed by atoms with Crippen LogP contribution in [0.15, 0.2) is 91.0 Å². The maximum atomic E-state index is 12.5. The van der Waals surface area contributed by atoms with Crippen molar-refractivity contribution in [1.82, 2.24) is 10.4 Å². The van der Waals surface area contributed by atoms with E-state index in [1.807, 2.05) is 42.5 Å². The second-order valence-corrected chi connectivity index (χ2v) is 11.6. The molecule has 5 rings (SSSR count). The molecular weight excluding hydrogens is 570 g/mol. The van der Waals surface area contributed by atoms with E-state index in [1.165, 1.54) is 16.3 Å². The molecule has 2 amide bonds. The number of ether oxygens (including phenoxy) is 2. The van der Waals surface area contributed by atoms with Gasteiger partial charge in [0.1, 0.15) is 0 Å². The van der Waals surface area contributed by atoms with Crippen LogP contribution in [0.4, 0.5) is 5.69 Å². The highest BCUT2D eigenvalue weighted by molar-refractivity contribution is 5.91. The fraction of sp³-hybridized carbons (Fsp3) is 0.333. The maximum absolute atomic E-state index is 12.5. The Bertz CT molecular complexity index is 1590. The zero-order valence-corrected chi connectivity index (χ0v) is 25.7. The van der Waals surface area contributed by atoms with E-state index in [1.54, 1.807) is 11.5 Å². The van der Waals surface area contributed by atoms with Gasteiger partial charge in [0.05, 0.1) is 18.8 Å². The van der Waals surface area contributed by atoms with Gasteiger partial charge >= 0.3 is 0 Å². The predicted octanol–water partition coefficient (Wildman–Crippen LogP) is 6.18. The van der Waals surface area contributed by atoms with Gasteiger partial charge in [0, 0.05) is 43.1 Å². The number of aliphatic hydroxyl groups excluding tert-OH is 1. The van der Waals surface area contributed by atoms with E-state index in [9.17, 15) is 14.7 Å². The van der Waals surface area contributed by atoms with Crippen molar-refractivity contribution in [3.8, 4) is 0 Å². The van der Waals surface area contributed by atoms with Crippen LogP contribution in [0, 0.1) is 0 Å². The Balaban J connectivity index is 1.31. The Hall–Kier alpha value is -4.12. The van der Waals surface area contributed by atoms with Crippen molar-refractivity contribution in [2.75, 3.05) is 18.9 Å². The summed E-state index contributed by atoms with van der Waals surface area (Å²) in [4.78, 5) is 26.0. The van der Waals surface area contributed by atoms with Crippen molar-refractivity contribution < 1.29 is 29.4 Å². The molecule has 4 N–H and O–H groups in total. The lowest BCUT2D eigenvalue weighted by Gasteiger charge is -2.39. The van der Waals surface area contributed by atoms with Crippen molar-refractivity contribution in [2.45, 2.75) is 63.8 Å². The first kappa shape index (κ1) is 32.3. The average molecular weight is 612 g/mol. The lowest BCUT2D eigenvalue weighted by Crippen LogP contribution is -2.38. The molecule has 4 aromatic carbocycles. The fourth-order valence-corrected chi connectivity index (χ4v) is 5.69. The number of hydrogen-bond donors (Lipinski definition) is 4. The SMILES string of the molecule is C[C@H](c1ccc2ccccc2c1)N(C)C[C@@H]1C[C@H](c2ccc(CO)cc2)O[C@H](c2cccc(NC(=O)CCCC(=O)NO)c2)O1. The second kappa shape index (κ2) is 15.2. The highest BCUT2D eigenvalue weighted by Gasteiger charge is 2.33. The highest BCUT2D eigenvalue weighted by Crippen LogP contribution is 2.39. The van der Waals surface area contributed by atoms with Crippen LogP contribution < -0.4 is 10.8 Å². The number of benzene rings is 4. The Morgan fingerprint density at radius 1 is 0.889 bits per heavy atom. The standard InChI is InChI=1S/C36H41N3O6/c1-24(28-18-17-26-7-3-4-8-29(26)19-28)39(2)22-32-21-33(27-15-13-25(23-40)14-16-27)45-36(44-32)30-9-5-10-31(20-30)37-34(41)11-6-12-35(42)38-43/h3-5,7-10,13-20,24,32-33,36,40,43H,6,11-12,21-23H2,1-2H3,(H,37,41)(H,38,42)/t24-,32+,33-,36-/m1/s1. The monoisotopic (exact) mass is 611 g/mol. The Morgan fingerprint density at radius 3 is 2.40 bits per heavy atom. The van der Waals surface area contributed by atoms with Crippen LogP contribution >= 0.6 is 0 Å². The topological polar surface area (TPSA) is 120 Å². The molecule has 4 aromatic rings. The third-order valence-electron chi connectivity index (χ3n) is 8.40. The first-order valence-electron chi connectivity index (χ1n) is 15.3. The number of anilines is 1. The number of aliphatic hydroxyl groups is 1. The molecule has 236 valence electrons. The lowest BCUT2D eigenvalue weighted by molar-refractivity contribution is -0.253. The van der Waals surface area contributed by atoms with Gasteiger partial charge in [0.25, 0.3) is 0 Å². The van der Waals surface area contributed by atoms with Crippen LogP contribution in [0.2, 0.25) is 0 Å². The number of amides is 2. The van der Waals surface area contributed by atoms with Gasteiger partial charge in [-0.05, 0) is 66.1 Å². The summed E-state index contributed by atoms with van der Waals surface area (Å²) in [5, 5.41) is 23.5. The summed E-state index contributed by atoms with van der Waals surface area (Å²) in [5.41, 5.74) is 6.03. The zero-order chi connectivity index (χ0) is 31.8. The summed E-state index contributed by atoms with van der Waals surface area (Å²) in [6.07, 6.45) is 0.128. The molecule has 1 aliphatic rings. The van der Waals surface area contributed by atoms with E-state index in [4.69, 9.17) is 14.7 Å². The van der Waals surface area contributed by atoms with E-state index in [2.05, 4.69) is 66.7 Å². The minimum absolute atomic E-state index is 0.0231. The molecule has 1 fully saturated rings. The molecule has 0 aromatic heterocycles. The van der Waals surface area contributed by atoms with E-state index >= 15 is 0 Å². The van der Waals surface area contributed by atoms with E-state index in [0.29, 0.717) is 25.1 Å². The van der Waals surface area contributed by atoms with Crippen molar-refractivity contribution in [3.05, 3.63) is 113 Å². The molecule has 9 nitrogen and oxygen atoms in total. The van der Waals surface area contributed by atoms with Gasteiger partial charge in [-0.2, -0.15) is 0 Å². The average Bonchev–Trinajstić information content (AvgIpc) is 3.07. The summed E-state index contributed by atoms with van der Waals surface area (Å²) in [7, 11) is 2.11. The minimum Gasteiger partial charge on any atom is -0.392 e. The van der Waals surface area contributed by atoms with E-state index in [0.717, 1.165) is 16.7 Å². The molecule has 4 atom stereocenters. The first-order chi connectivity index (χ1) is 21.8. The van der Waals surface area contributed by atoms with Crippen molar-refractivity contribution in [3.63, 3.8) is 0 Å². The molecule has 1 aliphatic heterocycles. The van der Waals surface area contributed by atoms with E-state index in [-0.39, 0.29) is 43.6 Å². The number of hydrogen-bond acceptors (Lipinski definition) is 7. The molecule has 1 heterocycles. The number of likely N-dealkylation sites (N-methyl/N-ethyl adjacent to an activating group) is 1. The van der Waals surface area contributed by atoms with Gasteiger partial charge in [-0.3, -0.25) is 19.7 Å². The quantitative estimate of drug-likeness (QED) is 0.111. The van der Waals surface area contributed by atoms with Gasteiger partial charge in [0.2, 0.25) is 11.8 Å². The molecule has 0 radical (unpaired) electrons. The van der Waals surface area contributed by atoms with Crippen LogP contribution in [-0.4, -0.2) is 46.7 Å². The van der Waals surface area contributed by atoms with E-state index < -0.39 is 12.2 Å². The molecule has 45 heavy (non-hydrogen) atoms. The number of fused-ring (bicyclic) bond motifs is 1. The van der Waals surface area contributed by atoms with Gasteiger partial charge in [-0.1, -0.05) is 72.8 Å². The van der Waals surface area contributed by atoms with Crippen LogP contribution in [-0.2, 0) is 25.7 Å². The number of nitrogens with one attached hydrogen (secondary N) is 2. The zero-order valence-electron chi connectivity index (χ0n) is 25.7. The number of rotatable bonds is 12. The lowest BCUT2D eigenvalue weighted by atomic mass is 9.98. The largest absolute Gasteiger partial charge is 0.392 e. The second-order valence-electron chi connectivity index (χ2n) is 11.6. The Kier molecular flexibility index (Phi) is 10.9. The Labute approximate surface area is 263 Å². The Morgan fingerprint density at radius 2 is 1.64 bits per heavy atom. The minimum atomic E-state index is -0.666. The summed E-state index contributed by atoms with van der Waals surface area (Å²) in [5.74, 6) is -0.754. The van der Waals surface area contributed by atoms with Crippen LogP contribution in [0.1, 0.15) is 73.3 Å². The van der Waals surface area contributed by atoms with Gasteiger partial charge in [0.15, 0.2) is 6.29 Å². The third-order valence-corrected chi connectivity index (χ3v) is 8.40. The first-order valence-corrected chi connectivity index (χ1v) is 15.3. The molecule has 9 heteroatoms. The molecule has 0 bridgehead atoms. The van der Waals surface area contributed by atoms with Gasteiger partial charge < -0.3 is 19.9 Å². The summed E-state index contributed by atoms with van der Waals surface area (Å²) < 4.78 is 13.1. The van der Waals surface area contributed by atoms with Gasteiger partial charge in [-0.25, -0.2) is 5.48 Å². The highest BCUT2D eigenvalue weighted by atomic mass is 16.7. The summed E-state index contributed by atoms with van der Waals surface area (Å²) in [6, 6.07) is 30.3. The molecule has 0 aliphatic carbocycles. The van der Waals surface area contributed by atoms with Crippen LogP contribution in [0.5, 0.6) is 0 Å². The molecule has 1 saturated heterocycles. The van der Waals surface area contributed by atoms with Gasteiger partial charge in [-0.15, -0.1) is 0 Å². The number of carbonyl (C=O) groups is 2. The molecular formula is C36H41N3O6. The predicted molar refractivity (Wildman–Crippen MR) is 172 cm³/mol. The van der Waals surface area contributed by atoms with Crippen molar-refractivity contribution >= 4 is 28.3 Å². The third kappa shape index (κ3) is 8.54. The molecule has 0 saturated carbocycles. The molecule has 0 spiro atoms. The van der Waals surface area contributed by atoms with Crippen LogP contribution in [0.3, 0.4) is 0 Å². The smallest absolute Gasteiger partial charge is 0.243 e. The number of carbonyl (C=O) groups excluding carboxylic acids is 2. The normalized spacial score (nSPS) is 18.9. The maximum Gasteiger partial charge on any atom is 0.243 e.